The molecule has 1 aliphatic heterocycles. The number of carbonyl (C=O) groups excluding carboxylic acids is 3. The minimum atomic E-state index is -1.91. The van der Waals surface area contributed by atoms with E-state index >= 15 is 0 Å². The quantitative estimate of drug-likeness (QED) is 0.171. The smallest absolute Gasteiger partial charge is 0.202 e. The van der Waals surface area contributed by atoms with Crippen LogP contribution in [0.25, 0.3) is 0 Å². The van der Waals surface area contributed by atoms with Crippen LogP contribution in [0.2, 0.25) is 0 Å². The normalized spacial score (nSPS) is 29.7. The second-order valence-corrected chi connectivity index (χ2v) is 10.7. The number of carbonyl (C=O) groups is 3. The average Bonchev–Trinajstić information content (AvgIpc) is 3.07. The fraction of sp³-hybridized carbons (Fsp3) is 0.464. The van der Waals surface area contributed by atoms with Gasteiger partial charge in [0, 0.05) is 29.5 Å². The third kappa shape index (κ3) is 4.37. The number of nitrogens with one attached hydrogen (secondary N) is 1. The van der Waals surface area contributed by atoms with Gasteiger partial charge >= 0.3 is 0 Å². The van der Waals surface area contributed by atoms with Gasteiger partial charge in [0.2, 0.25) is 5.78 Å². The summed E-state index contributed by atoms with van der Waals surface area (Å²) in [5, 5.41) is 44.7. The van der Waals surface area contributed by atoms with E-state index in [1.165, 1.54) is 32.2 Å². The Morgan fingerprint density at radius 3 is 2.50 bits per heavy atom. The van der Waals surface area contributed by atoms with Crippen LogP contribution in [0.4, 0.5) is 0 Å². The number of ether oxygens (including phenoxy) is 3. The lowest BCUT2D eigenvalue weighted by atomic mass is 9.79. The third-order valence-electron chi connectivity index (χ3n) is 8.21. The number of rotatable bonds is 5. The van der Waals surface area contributed by atoms with Crippen molar-refractivity contribution in [1.29, 1.82) is 0 Å². The highest BCUT2D eigenvalue weighted by Crippen LogP contribution is 2.51. The summed E-state index contributed by atoms with van der Waals surface area (Å²) in [7, 11) is 1.34. The molecule has 0 bridgehead atoms. The van der Waals surface area contributed by atoms with E-state index in [9.17, 15) is 34.8 Å². The highest BCUT2D eigenvalue weighted by atomic mass is 35.5. The summed E-state index contributed by atoms with van der Waals surface area (Å²) in [6, 6.07) is 3.85. The van der Waals surface area contributed by atoms with Crippen molar-refractivity contribution in [3.8, 4) is 17.2 Å². The van der Waals surface area contributed by atoms with E-state index in [0.717, 1.165) is 0 Å². The Kier molecular flexibility index (Phi) is 7.40. The molecule has 0 spiro atoms. The molecule has 0 saturated carbocycles. The molecular formula is C28H30ClNO10. The van der Waals surface area contributed by atoms with E-state index in [1.54, 1.807) is 6.92 Å². The van der Waals surface area contributed by atoms with Crippen molar-refractivity contribution in [2.24, 2.45) is 0 Å². The van der Waals surface area contributed by atoms with E-state index in [-0.39, 0.29) is 59.3 Å². The molecule has 11 nitrogen and oxygen atoms in total. The lowest BCUT2D eigenvalue weighted by Gasteiger charge is -2.39. The Balaban J connectivity index is 1.68. The fourth-order valence-electron chi connectivity index (χ4n) is 5.93. The van der Waals surface area contributed by atoms with Gasteiger partial charge in [-0.2, -0.15) is 0 Å². The second kappa shape index (κ2) is 10.4. The van der Waals surface area contributed by atoms with Crippen LogP contribution in [0, 0.1) is 0 Å². The van der Waals surface area contributed by atoms with Crippen LogP contribution in [0.1, 0.15) is 82.2 Å². The Morgan fingerprint density at radius 1 is 1.15 bits per heavy atom. The Morgan fingerprint density at radius 2 is 1.85 bits per heavy atom. The maximum Gasteiger partial charge on any atom is 0.202 e. The molecule has 0 amide bonds. The van der Waals surface area contributed by atoms with Crippen molar-refractivity contribution in [1.82, 2.24) is 4.84 Å². The van der Waals surface area contributed by atoms with Crippen molar-refractivity contribution in [2.45, 2.75) is 75.8 Å². The average molecular weight is 576 g/mol. The van der Waals surface area contributed by atoms with Gasteiger partial charge in [-0.05, 0) is 44.5 Å². The number of benzene rings is 2. The monoisotopic (exact) mass is 575 g/mol. The van der Waals surface area contributed by atoms with Crippen molar-refractivity contribution in [2.75, 3.05) is 7.11 Å². The van der Waals surface area contributed by atoms with Crippen LogP contribution < -0.4 is 9.57 Å². The van der Waals surface area contributed by atoms with Gasteiger partial charge in [-0.25, -0.2) is 4.84 Å². The van der Waals surface area contributed by atoms with Gasteiger partial charge in [0.05, 0.1) is 48.2 Å². The largest absolute Gasteiger partial charge is 0.507 e. The highest BCUT2D eigenvalue weighted by Gasteiger charge is 2.47. The van der Waals surface area contributed by atoms with Crippen LogP contribution >= 0.6 is 11.8 Å². The molecule has 2 aliphatic carbocycles. The van der Waals surface area contributed by atoms with Crippen LogP contribution in [0.3, 0.4) is 0 Å². The molecule has 2 aromatic rings. The van der Waals surface area contributed by atoms with Gasteiger partial charge in [-0.15, -0.1) is 0 Å². The summed E-state index contributed by atoms with van der Waals surface area (Å²) in [4.78, 5) is 42.4. The first-order valence-corrected chi connectivity index (χ1v) is 13.3. The summed E-state index contributed by atoms with van der Waals surface area (Å²) < 4.78 is 17.3. The third-order valence-corrected chi connectivity index (χ3v) is 8.49. The van der Waals surface area contributed by atoms with E-state index in [1.807, 2.05) is 0 Å². The first-order valence-electron chi connectivity index (χ1n) is 12.9. The molecule has 1 saturated heterocycles. The van der Waals surface area contributed by atoms with Gasteiger partial charge in [-0.1, -0.05) is 12.1 Å². The van der Waals surface area contributed by atoms with Crippen molar-refractivity contribution in [3.05, 3.63) is 51.6 Å². The number of halogens is 1. The number of hydrogen-bond donors (Lipinski definition) is 5. The molecule has 5 rings (SSSR count). The zero-order valence-corrected chi connectivity index (χ0v) is 22.8. The van der Waals surface area contributed by atoms with Crippen LogP contribution in [0.5, 0.6) is 17.2 Å². The van der Waals surface area contributed by atoms with Crippen molar-refractivity contribution in [3.63, 3.8) is 0 Å². The lowest BCUT2D eigenvalue weighted by Crippen LogP contribution is -2.52. The number of hydrogen-bond acceptors (Lipinski definition) is 11. The topological polar surface area (TPSA) is 172 Å². The van der Waals surface area contributed by atoms with E-state index in [2.05, 4.69) is 4.84 Å². The Hall–Kier alpha value is -3.06. The van der Waals surface area contributed by atoms with Gasteiger partial charge in [0.15, 0.2) is 17.9 Å². The number of methoxy groups -OCH3 is 1. The first-order chi connectivity index (χ1) is 18.9. The molecular weight excluding hydrogens is 546 g/mol. The summed E-state index contributed by atoms with van der Waals surface area (Å²) in [6.45, 7) is 2.83. The molecule has 5 N–H and O–H groups in total. The number of Topliss-reactive ketones (excluding diaryl/α,β-unsaturated/α-hetero) is 1. The van der Waals surface area contributed by atoms with Crippen LogP contribution in [0.15, 0.2) is 18.2 Å². The molecule has 0 radical (unpaired) electrons. The van der Waals surface area contributed by atoms with E-state index < -0.39 is 70.7 Å². The van der Waals surface area contributed by atoms with Crippen molar-refractivity contribution >= 4 is 29.1 Å². The predicted octanol–water partition coefficient (Wildman–Crippen LogP) is 2.20. The molecule has 6 atom stereocenters. The number of phenols is 2. The van der Waals surface area contributed by atoms with E-state index in [4.69, 9.17) is 26.0 Å². The molecule has 4 unspecified atom stereocenters. The number of aromatic hydroxyl groups is 2. The maximum atomic E-state index is 13.7. The SMILES string of the molecule is COc1cccc2c1C(=O)c1c(O)c3c(c(O)c1C2=O)CC[C@](O)(C(C)=O)C[C@@H]3OC1CC(NCl)C(O)C(C)O1. The molecule has 0 aromatic heterocycles. The first kappa shape index (κ1) is 28.5. The number of aliphatic hydroxyl groups excluding tert-OH is 1. The van der Waals surface area contributed by atoms with Gasteiger partial charge in [0.25, 0.3) is 0 Å². The molecule has 1 fully saturated rings. The summed E-state index contributed by atoms with van der Waals surface area (Å²) in [5.41, 5.74) is -2.71. The summed E-state index contributed by atoms with van der Waals surface area (Å²) in [6.07, 6.45) is -4.43. The fourth-order valence-corrected chi connectivity index (χ4v) is 6.15. The molecule has 1 heterocycles. The number of ketones is 3. The van der Waals surface area contributed by atoms with Gasteiger partial charge in [-0.3, -0.25) is 14.4 Å². The minimum absolute atomic E-state index is 0.0101. The lowest BCUT2D eigenvalue weighted by molar-refractivity contribution is -0.246. The zero-order valence-electron chi connectivity index (χ0n) is 22.1. The molecule has 3 aliphatic rings. The van der Waals surface area contributed by atoms with Gasteiger partial charge < -0.3 is 34.6 Å². The second-order valence-electron chi connectivity index (χ2n) is 10.5. The minimum Gasteiger partial charge on any atom is -0.507 e. The number of aliphatic hydroxyl groups is 2. The zero-order chi connectivity index (χ0) is 29.1. The van der Waals surface area contributed by atoms with Gasteiger partial charge in [0.1, 0.15) is 22.8 Å². The molecule has 2 aromatic carbocycles. The standard InChI is InChI=1S/C28H30ClNO10/c1-11-23(32)15(30-29)9-18(39-11)40-17-10-28(37,12(2)31)8-7-14-20(17)27(36)22-21(25(14)34)24(33)13-5-4-6-16(38-3)19(13)26(22)35/h4-6,11,15,17-18,23,30,32,34,36-37H,7-10H2,1-3H3/t11?,15?,17-,18?,23?,28+/m0/s1. The highest BCUT2D eigenvalue weighted by molar-refractivity contribution is 6.31. The summed E-state index contributed by atoms with van der Waals surface area (Å²) >= 11 is 5.81. The molecule has 40 heavy (non-hydrogen) atoms. The molecule has 214 valence electrons. The van der Waals surface area contributed by atoms with Crippen LogP contribution in [-0.2, 0) is 20.7 Å². The Labute approximate surface area is 234 Å². The predicted molar refractivity (Wildman–Crippen MR) is 140 cm³/mol. The Bertz CT molecular complexity index is 1410. The maximum absolute atomic E-state index is 13.7. The van der Waals surface area contributed by atoms with E-state index in [0.29, 0.717) is 0 Å². The summed E-state index contributed by atoms with van der Waals surface area (Å²) in [5.74, 6) is -3.00. The number of fused-ring (bicyclic) bond motifs is 3. The number of phenolic OH excluding ortho intramolecular Hbond substituents is 2. The van der Waals surface area contributed by atoms with Crippen LogP contribution in [-0.4, -0.2) is 75.0 Å². The van der Waals surface area contributed by atoms with Crippen molar-refractivity contribution < 1.29 is 49.0 Å². The molecule has 12 heteroatoms.